The number of unbranched alkanes of at least 4 members (excludes halogenated alkanes) is 1. The number of methoxy groups -OCH3 is 1. The summed E-state index contributed by atoms with van der Waals surface area (Å²) in [7, 11) is 1.70. The van der Waals surface area contributed by atoms with Crippen LogP contribution in [-0.4, -0.2) is 42.8 Å². The van der Waals surface area contributed by atoms with Crippen LogP contribution in [0.15, 0.2) is 18.2 Å². The summed E-state index contributed by atoms with van der Waals surface area (Å²) in [5.41, 5.74) is 7.79. The van der Waals surface area contributed by atoms with Crippen molar-refractivity contribution in [3.05, 3.63) is 34.9 Å². The van der Waals surface area contributed by atoms with E-state index in [-0.39, 0.29) is 5.92 Å². The van der Waals surface area contributed by atoms with E-state index in [2.05, 4.69) is 32.0 Å². The van der Waals surface area contributed by atoms with Gasteiger partial charge in [0.2, 0.25) is 0 Å². The molecule has 5 nitrogen and oxygen atoms in total. The predicted molar refractivity (Wildman–Crippen MR) is 99.4 cm³/mol. The summed E-state index contributed by atoms with van der Waals surface area (Å²) in [5.74, 6) is -0.00232. The summed E-state index contributed by atoms with van der Waals surface area (Å²) in [5, 5.41) is 11.7. The van der Waals surface area contributed by atoms with E-state index in [0.717, 1.165) is 42.4 Å². The molecular formula is C20H32N2O3. The fraction of sp³-hybridized carbons (Fsp3) is 0.650. The van der Waals surface area contributed by atoms with Crippen LogP contribution in [0.4, 0.5) is 4.79 Å². The molecule has 140 valence electrons. The van der Waals surface area contributed by atoms with Crippen LogP contribution in [0.2, 0.25) is 0 Å². The lowest BCUT2D eigenvalue weighted by Crippen LogP contribution is -2.49. The number of amides is 2. The zero-order chi connectivity index (χ0) is 18.4. The van der Waals surface area contributed by atoms with E-state index < -0.39 is 11.6 Å². The van der Waals surface area contributed by atoms with E-state index in [9.17, 15) is 9.90 Å². The van der Waals surface area contributed by atoms with Crippen LogP contribution in [0.5, 0.6) is 0 Å². The molecule has 1 saturated heterocycles. The number of ether oxygens (including phenoxy) is 1. The topological polar surface area (TPSA) is 75.8 Å². The normalized spacial score (nSPS) is 20.3. The number of hydrogen-bond acceptors (Lipinski definition) is 3. The summed E-state index contributed by atoms with van der Waals surface area (Å²) in [6.45, 7) is 6.00. The fourth-order valence-corrected chi connectivity index (χ4v) is 4.02. The second kappa shape index (κ2) is 8.68. The molecule has 0 radical (unpaired) electrons. The van der Waals surface area contributed by atoms with E-state index in [1.807, 2.05) is 0 Å². The van der Waals surface area contributed by atoms with Gasteiger partial charge in [0, 0.05) is 32.7 Å². The fourth-order valence-electron chi connectivity index (χ4n) is 4.02. The van der Waals surface area contributed by atoms with Gasteiger partial charge in [-0.3, -0.25) is 0 Å². The number of benzene rings is 1. The van der Waals surface area contributed by atoms with Crippen molar-refractivity contribution in [1.29, 1.82) is 0 Å². The maximum Gasteiger partial charge on any atom is 0.314 e. The van der Waals surface area contributed by atoms with Crippen LogP contribution < -0.4 is 5.73 Å². The maximum absolute atomic E-state index is 11.7. The van der Waals surface area contributed by atoms with Gasteiger partial charge in [-0.05, 0) is 51.5 Å². The van der Waals surface area contributed by atoms with E-state index in [1.54, 1.807) is 12.0 Å². The van der Waals surface area contributed by atoms with Gasteiger partial charge < -0.3 is 20.5 Å². The molecule has 0 aliphatic carbocycles. The van der Waals surface area contributed by atoms with Gasteiger partial charge in [0.15, 0.2) is 0 Å². The second-order valence-electron chi connectivity index (χ2n) is 7.37. The van der Waals surface area contributed by atoms with Crippen molar-refractivity contribution in [3.63, 3.8) is 0 Å². The monoisotopic (exact) mass is 348 g/mol. The third kappa shape index (κ3) is 4.95. The highest BCUT2D eigenvalue weighted by Gasteiger charge is 2.41. The van der Waals surface area contributed by atoms with Crippen LogP contribution in [0.1, 0.15) is 48.8 Å². The standard InChI is InChI=1S/C20H32N2O3/c1-15-11-16(2)13-18(12-15)20(24,8-4-5-10-25-3)17-7-6-9-22(14-17)19(21)23/h11-13,17,24H,4-10,14H2,1-3H3,(H2,21,23)/t17-,20+/m1/s1. The Balaban J connectivity index is 2.28. The van der Waals surface area contributed by atoms with Crippen molar-refractivity contribution in [2.45, 2.75) is 51.6 Å². The lowest BCUT2D eigenvalue weighted by Gasteiger charge is -2.42. The molecule has 0 spiro atoms. The van der Waals surface area contributed by atoms with Crippen LogP contribution in [-0.2, 0) is 10.3 Å². The first-order chi connectivity index (χ1) is 11.9. The molecule has 1 aromatic carbocycles. The average molecular weight is 348 g/mol. The van der Waals surface area contributed by atoms with E-state index >= 15 is 0 Å². The molecule has 0 aromatic heterocycles. The Bertz CT molecular complexity index is 570. The molecule has 2 atom stereocenters. The molecule has 0 saturated carbocycles. The van der Waals surface area contributed by atoms with Gasteiger partial charge in [0.05, 0.1) is 5.60 Å². The molecule has 1 fully saturated rings. The number of carbonyl (C=O) groups is 1. The molecule has 2 rings (SSSR count). The van der Waals surface area contributed by atoms with Crippen molar-refractivity contribution >= 4 is 6.03 Å². The smallest absolute Gasteiger partial charge is 0.314 e. The van der Waals surface area contributed by atoms with Crippen LogP contribution in [0.25, 0.3) is 0 Å². The molecule has 25 heavy (non-hydrogen) atoms. The number of rotatable bonds is 7. The zero-order valence-corrected chi connectivity index (χ0v) is 15.8. The molecular weight excluding hydrogens is 316 g/mol. The Labute approximate surface area is 151 Å². The highest BCUT2D eigenvalue weighted by Crippen LogP contribution is 2.40. The molecule has 0 unspecified atom stereocenters. The van der Waals surface area contributed by atoms with Gasteiger partial charge in [-0.1, -0.05) is 29.3 Å². The van der Waals surface area contributed by atoms with Gasteiger partial charge in [0.1, 0.15) is 0 Å². The van der Waals surface area contributed by atoms with E-state index in [0.29, 0.717) is 26.1 Å². The molecule has 5 heteroatoms. The second-order valence-corrected chi connectivity index (χ2v) is 7.37. The minimum absolute atomic E-state index is 0.00232. The first kappa shape index (κ1) is 19.7. The highest BCUT2D eigenvalue weighted by molar-refractivity contribution is 5.72. The van der Waals surface area contributed by atoms with Gasteiger partial charge in [0.25, 0.3) is 0 Å². The first-order valence-corrected chi connectivity index (χ1v) is 9.21. The number of likely N-dealkylation sites (tertiary alicyclic amines) is 1. The summed E-state index contributed by atoms with van der Waals surface area (Å²) < 4.78 is 5.14. The lowest BCUT2D eigenvalue weighted by atomic mass is 9.73. The van der Waals surface area contributed by atoms with Crippen LogP contribution in [0, 0.1) is 19.8 Å². The van der Waals surface area contributed by atoms with Crippen molar-refractivity contribution in [1.82, 2.24) is 4.90 Å². The Hall–Kier alpha value is -1.59. The molecule has 2 amide bonds. The highest BCUT2D eigenvalue weighted by atomic mass is 16.5. The van der Waals surface area contributed by atoms with Gasteiger partial charge in [-0.15, -0.1) is 0 Å². The van der Waals surface area contributed by atoms with Crippen molar-refractivity contribution < 1.29 is 14.6 Å². The van der Waals surface area contributed by atoms with Crippen molar-refractivity contribution in [2.24, 2.45) is 11.7 Å². The first-order valence-electron chi connectivity index (χ1n) is 9.21. The van der Waals surface area contributed by atoms with Gasteiger partial charge in [-0.2, -0.15) is 0 Å². The summed E-state index contributed by atoms with van der Waals surface area (Å²) >= 11 is 0. The van der Waals surface area contributed by atoms with Gasteiger partial charge >= 0.3 is 6.03 Å². The number of primary amides is 1. The number of hydrogen-bond donors (Lipinski definition) is 2. The maximum atomic E-state index is 11.7. The molecule has 1 aromatic rings. The van der Waals surface area contributed by atoms with Gasteiger partial charge in [-0.25, -0.2) is 4.79 Å². The summed E-state index contributed by atoms with van der Waals surface area (Å²) in [4.78, 5) is 13.3. The third-order valence-corrected chi connectivity index (χ3v) is 5.29. The van der Waals surface area contributed by atoms with Crippen molar-refractivity contribution in [3.8, 4) is 0 Å². The minimum atomic E-state index is -0.946. The van der Waals surface area contributed by atoms with Crippen molar-refractivity contribution in [2.75, 3.05) is 26.8 Å². The number of nitrogens with zero attached hydrogens (tertiary/aromatic N) is 1. The van der Waals surface area contributed by atoms with E-state index in [1.165, 1.54) is 0 Å². The third-order valence-electron chi connectivity index (χ3n) is 5.29. The Morgan fingerprint density at radius 1 is 1.32 bits per heavy atom. The Kier molecular flexibility index (Phi) is 6.85. The SMILES string of the molecule is COCCCC[C@@](O)(c1cc(C)cc(C)c1)[C@@H]1CCCN(C(N)=O)C1. The quantitative estimate of drug-likeness (QED) is 0.744. The number of urea groups is 1. The van der Waals surface area contributed by atoms with Crippen LogP contribution >= 0.6 is 0 Å². The average Bonchev–Trinajstić information content (AvgIpc) is 2.57. The van der Waals surface area contributed by atoms with E-state index in [4.69, 9.17) is 10.5 Å². The summed E-state index contributed by atoms with van der Waals surface area (Å²) in [6, 6.07) is 5.87. The molecule has 1 aliphatic rings. The zero-order valence-electron chi connectivity index (χ0n) is 15.8. The molecule has 0 bridgehead atoms. The molecule has 1 heterocycles. The number of piperidine rings is 1. The van der Waals surface area contributed by atoms with Crippen LogP contribution in [0.3, 0.4) is 0 Å². The number of carbonyl (C=O) groups excluding carboxylic acids is 1. The number of aliphatic hydroxyl groups is 1. The number of aryl methyl sites for hydroxylation is 2. The Morgan fingerprint density at radius 3 is 2.60 bits per heavy atom. The summed E-state index contributed by atoms with van der Waals surface area (Å²) in [6.07, 6.45) is 4.23. The number of nitrogens with two attached hydrogens (primary N) is 1. The lowest BCUT2D eigenvalue weighted by molar-refractivity contribution is -0.0559. The Morgan fingerprint density at radius 2 is 2.00 bits per heavy atom. The minimum Gasteiger partial charge on any atom is -0.385 e. The predicted octanol–water partition coefficient (Wildman–Crippen LogP) is 3.10. The molecule has 1 aliphatic heterocycles. The molecule has 3 N–H and O–H groups in total. The largest absolute Gasteiger partial charge is 0.385 e.